The van der Waals surface area contributed by atoms with Gasteiger partial charge in [-0.2, -0.15) is 0 Å². The van der Waals surface area contributed by atoms with Crippen LogP contribution in [0.1, 0.15) is 11.1 Å². The summed E-state index contributed by atoms with van der Waals surface area (Å²) in [5.74, 6) is 1.07. The number of phenolic OH excluding ortho intramolecular Hbond substituents is 1. The van der Waals surface area contributed by atoms with Crippen molar-refractivity contribution in [2.45, 2.75) is 13.1 Å². The number of ether oxygens (including phenoxy) is 1. The quantitative estimate of drug-likeness (QED) is 0.207. The molecule has 0 aliphatic heterocycles. The van der Waals surface area contributed by atoms with Crippen LogP contribution >= 0.6 is 79.1 Å². The van der Waals surface area contributed by atoms with Gasteiger partial charge in [-0.25, -0.2) is 29.3 Å². The fraction of sp³-hybridized carbons (Fsp3) is 0.130. The van der Waals surface area contributed by atoms with Crippen LogP contribution in [-0.4, -0.2) is 65.3 Å². The number of aromatic hydroxyl groups is 1. The van der Waals surface area contributed by atoms with Crippen molar-refractivity contribution in [2.75, 3.05) is 7.11 Å². The van der Waals surface area contributed by atoms with E-state index >= 15 is 0 Å². The normalized spacial score (nSPS) is 10.5. The third kappa shape index (κ3) is 9.23. The van der Waals surface area contributed by atoms with Gasteiger partial charge < -0.3 is 9.84 Å². The first-order chi connectivity index (χ1) is 19.7. The number of rotatable bonds is 5. The third-order valence-corrected chi connectivity index (χ3v) is 5.92. The maximum atomic E-state index is 9.23. The van der Waals surface area contributed by atoms with Crippen molar-refractivity contribution in [1.29, 1.82) is 0 Å². The van der Waals surface area contributed by atoms with Gasteiger partial charge >= 0.3 is 3.18 Å². The van der Waals surface area contributed by atoms with Gasteiger partial charge in [0.25, 0.3) is 0 Å². The van der Waals surface area contributed by atoms with E-state index < -0.39 is 0 Å². The molecular weight excluding hydrogens is 859 g/mol. The number of halogens is 5. The zero-order valence-corrected chi connectivity index (χ0v) is 28.9. The predicted octanol–water partition coefficient (Wildman–Crippen LogP) is 5.93. The highest BCUT2D eigenvalue weighted by atomic mass is 79.9. The van der Waals surface area contributed by atoms with Gasteiger partial charge in [0.15, 0.2) is 11.3 Å². The first-order valence-corrected chi connectivity index (χ1v) is 15.8. The summed E-state index contributed by atoms with van der Waals surface area (Å²) < 4.78 is 10.1. The minimum Gasteiger partial charge on any atom is -0.508 e. The lowest BCUT2D eigenvalue weighted by Crippen LogP contribution is -2.03. The molecule has 4 aromatic heterocycles. The van der Waals surface area contributed by atoms with Gasteiger partial charge in [-0.05, 0) is 67.3 Å². The predicted molar refractivity (Wildman–Crippen MR) is 173 cm³/mol. The van der Waals surface area contributed by atoms with Gasteiger partial charge in [-0.1, -0.05) is 34.7 Å². The van der Waals surface area contributed by atoms with Crippen molar-refractivity contribution in [3.8, 4) is 11.5 Å². The van der Waals surface area contributed by atoms with Crippen molar-refractivity contribution in [3.05, 3.63) is 81.3 Å². The van der Waals surface area contributed by atoms with Crippen LogP contribution in [-0.2, 0) is 13.1 Å². The molecule has 1 N–H and O–H groups in total. The molecule has 0 saturated carbocycles. The number of hydrogen-bond donors (Lipinski definition) is 1. The molecule has 0 atom stereocenters. The summed E-state index contributed by atoms with van der Waals surface area (Å²) in [6, 6.07) is 14.7. The number of phenols is 1. The monoisotopic (exact) mass is 872 g/mol. The van der Waals surface area contributed by atoms with E-state index in [0.717, 1.165) is 16.9 Å². The lowest BCUT2D eigenvalue weighted by molar-refractivity contribution is 0.414. The Morgan fingerprint density at radius 2 is 1.15 bits per heavy atom. The molecule has 2 aromatic carbocycles. The van der Waals surface area contributed by atoms with Crippen molar-refractivity contribution in [2.24, 2.45) is 0 Å². The van der Waals surface area contributed by atoms with E-state index in [2.05, 4.69) is 120 Å². The molecule has 6 rings (SSSR count). The summed E-state index contributed by atoms with van der Waals surface area (Å²) in [7, 11) is 1.65. The van der Waals surface area contributed by atoms with Crippen molar-refractivity contribution >= 4 is 105 Å². The highest BCUT2D eigenvalue weighted by molar-refractivity contribution is 9.69. The van der Waals surface area contributed by atoms with Gasteiger partial charge in [0.2, 0.25) is 11.3 Å². The molecule has 0 unspecified atom stereocenters. The number of hydrogen-bond acceptors (Lipinski definition) is 10. The van der Waals surface area contributed by atoms with E-state index in [0.29, 0.717) is 44.9 Å². The van der Waals surface area contributed by atoms with Crippen molar-refractivity contribution in [1.82, 2.24) is 49.9 Å². The van der Waals surface area contributed by atoms with Gasteiger partial charge in [-0.3, -0.25) is 0 Å². The molecule has 0 amide bonds. The zero-order chi connectivity index (χ0) is 29.4. The number of nitrogens with zero attached hydrogens (tertiary/aromatic N) is 10. The van der Waals surface area contributed by atoms with E-state index in [1.807, 2.05) is 36.4 Å². The second-order valence-corrected chi connectivity index (χ2v) is 16.0. The molecule has 0 aliphatic rings. The summed E-state index contributed by atoms with van der Waals surface area (Å²) in [5, 5.41) is 25.2. The molecule has 6 aromatic rings. The molecule has 0 aliphatic carbocycles. The van der Waals surface area contributed by atoms with Crippen LogP contribution in [0.2, 0.25) is 0 Å². The molecule has 210 valence electrons. The molecule has 0 fully saturated rings. The Kier molecular flexibility index (Phi) is 11.6. The maximum absolute atomic E-state index is 9.23. The molecule has 0 radical (unpaired) electrons. The molecule has 18 heteroatoms. The second kappa shape index (κ2) is 15.1. The van der Waals surface area contributed by atoms with Crippen LogP contribution in [0.4, 0.5) is 0 Å². The van der Waals surface area contributed by atoms with E-state index in [4.69, 9.17) is 4.74 Å². The summed E-state index contributed by atoms with van der Waals surface area (Å²) in [6.07, 6.45) is 3.19. The number of fused-ring (bicyclic) bond motifs is 2. The molecule has 12 nitrogen and oxygen atoms in total. The number of aromatic nitrogens is 10. The van der Waals surface area contributed by atoms with Crippen molar-refractivity contribution < 1.29 is 9.84 Å². The van der Waals surface area contributed by atoms with Crippen LogP contribution in [0.25, 0.3) is 22.6 Å². The fourth-order valence-corrected chi connectivity index (χ4v) is 3.90. The van der Waals surface area contributed by atoms with E-state index in [9.17, 15) is 5.11 Å². The van der Waals surface area contributed by atoms with Crippen LogP contribution in [0.3, 0.4) is 0 Å². The molecule has 41 heavy (non-hydrogen) atoms. The Morgan fingerprint density at radius 3 is 1.56 bits per heavy atom. The first-order valence-electron chi connectivity index (χ1n) is 11.5. The van der Waals surface area contributed by atoms with Crippen LogP contribution in [0.15, 0.2) is 70.1 Å². The fourth-order valence-electron chi connectivity index (χ4n) is 3.36. The minimum absolute atomic E-state index is 0.240. The molecule has 0 spiro atoms. The Hall–Kier alpha value is -2.54. The molecule has 0 saturated heterocycles. The standard InChI is InChI=1S/C12H10BrN5O.C11H8BrN5O.BBr3/c1-19-9-4-2-8(3-5-9)7-18-12-11(16-17-18)14-6-10(13)15-12;12-9-5-13-10-11(14-9)17(16-15-10)6-7-1-3-8(18)4-2-7;2-1(3)4/h2-6H,7H2,1H3;1-5,18H,6H2;. The second-order valence-electron chi connectivity index (χ2n) is 7.94. The van der Waals surface area contributed by atoms with E-state index in [-0.39, 0.29) is 8.93 Å². The Bertz CT molecular complexity index is 1720. The molecule has 4 heterocycles. The van der Waals surface area contributed by atoms with Crippen LogP contribution in [0.5, 0.6) is 11.5 Å². The van der Waals surface area contributed by atoms with Crippen LogP contribution < -0.4 is 4.74 Å². The average molecular weight is 877 g/mol. The first kappa shape index (κ1) is 31.4. The lowest BCUT2D eigenvalue weighted by atomic mass is 10.2. The average Bonchev–Trinajstić information content (AvgIpc) is 3.53. The third-order valence-electron chi connectivity index (χ3n) is 5.16. The maximum Gasteiger partial charge on any atom is 0.369 e. The van der Waals surface area contributed by atoms with Gasteiger partial charge in [0, 0.05) is 0 Å². The summed E-state index contributed by atoms with van der Waals surface area (Å²) >= 11 is 15.9. The number of methoxy groups -OCH3 is 1. The van der Waals surface area contributed by atoms with E-state index in [1.165, 1.54) is 0 Å². The zero-order valence-electron chi connectivity index (χ0n) is 21.0. The van der Waals surface area contributed by atoms with Gasteiger partial charge in [0.1, 0.15) is 20.7 Å². The summed E-state index contributed by atoms with van der Waals surface area (Å²) in [4.78, 5) is 16.9. The number of benzene rings is 2. The highest BCUT2D eigenvalue weighted by Gasteiger charge is 2.09. The van der Waals surface area contributed by atoms with E-state index in [1.54, 1.807) is 41.0 Å². The molecule has 0 bridgehead atoms. The summed E-state index contributed by atoms with van der Waals surface area (Å²) in [5.41, 5.74) is 4.42. The Morgan fingerprint density at radius 1 is 0.732 bits per heavy atom. The SMILES string of the molecule is BrB(Br)Br.COc1ccc(Cn2nnc3ncc(Br)nc32)cc1.Oc1ccc(Cn2nnc3ncc(Br)nc32)cc1. The van der Waals surface area contributed by atoms with Crippen LogP contribution in [0, 0.1) is 0 Å². The lowest BCUT2D eigenvalue weighted by Gasteiger charge is -2.03. The highest BCUT2D eigenvalue weighted by Crippen LogP contribution is 2.16. The smallest absolute Gasteiger partial charge is 0.369 e. The largest absolute Gasteiger partial charge is 0.508 e. The van der Waals surface area contributed by atoms with Crippen molar-refractivity contribution in [3.63, 3.8) is 0 Å². The topological polar surface area (TPSA) is 142 Å². The Balaban J connectivity index is 0.000000168. The minimum atomic E-state index is 0.240. The summed E-state index contributed by atoms with van der Waals surface area (Å²) in [6.45, 7) is 1.12. The van der Waals surface area contributed by atoms with Gasteiger partial charge in [0.05, 0.1) is 32.6 Å². The van der Waals surface area contributed by atoms with Gasteiger partial charge in [-0.15, -0.1) is 57.5 Å². The Labute approximate surface area is 275 Å². The molecular formula is C23H18BBr5N10O2.